The Morgan fingerprint density at radius 2 is 2.15 bits per heavy atom. The van der Waals surface area contributed by atoms with Gasteiger partial charge in [-0.05, 0) is 6.08 Å². The van der Waals surface area contributed by atoms with Crippen LogP contribution in [0.3, 0.4) is 0 Å². The first-order chi connectivity index (χ1) is 5.94. The van der Waals surface area contributed by atoms with Gasteiger partial charge in [0.1, 0.15) is 0 Å². The zero-order chi connectivity index (χ0) is 10.1. The summed E-state index contributed by atoms with van der Waals surface area (Å²) in [6.45, 7) is 3.22. The first-order valence-corrected chi connectivity index (χ1v) is 5.58. The van der Waals surface area contributed by atoms with Crippen molar-refractivity contribution >= 4 is 15.7 Å². The minimum Gasteiger partial charge on any atom is -0.390 e. The summed E-state index contributed by atoms with van der Waals surface area (Å²) in [6.07, 6.45) is 0.0337. The Morgan fingerprint density at radius 1 is 1.54 bits per heavy atom. The molecular weight excluding hydrogens is 194 g/mol. The lowest BCUT2D eigenvalue weighted by atomic mass is 10.2. The van der Waals surface area contributed by atoms with Crippen LogP contribution in [-0.4, -0.2) is 43.1 Å². The van der Waals surface area contributed by atoms with Crippen molar-refractivity contribution in [1.29, 1.82) is 0 Å². The molecule has 0 unspecified atom stereocenters. The van der Waals surface area contributed by atoms with Crippen LogP contribution in [0, 0.1) is 0 Å². The van der Waals surface area contributed by atoms with Gasteiger partial charge in [0.05, 0.1) is 23.7 Å². The number of amides is 1. The third-order valence-corrected chi connectivity index (χ3v) is 3.55. The molecule has 0 aromatic carbocycles. The van der Waals surface area contributed by atoms with Gasteiger partial charge >= 0.3 is 0 Å². The van der Waals surface area contributed by atoms with Crippen molar-refractivity contribution in [3.63, 3.8) is 0 Å². The zero-order valence-electron chi connectivity index (χ0n) is 6.93. The second-order valence-corrected chi connectivity index (χ2v) is 5.12. The van der Waals surface area contributed by atoms with Gasteiger partial charge in [-0.3, -0.25) is 4.79 Å². The summed E-state index contributed by atoms with van der Waals surface area (Å²) < 4.78 is 22.0. The van der Waals surface area contributed by atoms with E-state index in [-0.39, 0.29) is 11.5 Å². The minimum atomic E-state index is -3.20. The number of carbonyl (C=O) groups excluding carboxylic acids is 1. The van der Waals surface area contributed by atoms with E-state index in [4.69, 9.17) is 0 Å². The van der Waals surface area contributed by atoms with Crippen LogP contribution in [0.25, 0.3) is 0 Å². The summed E-state index contributed by atoms with van der Waals surface area (Å²) in [7, 11) is -3.20. The highest BCUT2D eigenvalue weighted by molar-refractivity contribution is 7.91. The van der Waals surface area contributed by atoms with Gasteiger partial charge in [-0.2, -0.15) is 0 Å². The predicted octanol–water partition coefficient (Wildman–Crippen LogP) is -1.55. The molecule has 0 saturated carbocycles. The molecule has 5 nitrogen and oxygen atoms in total. The average Bonchev–Trinajstić information content (AvgIpc) is 2.24. The molecule has 1 heterocycles. The fourth-order valence-electron chi connectivity index (χ4n) is 1.21. The molecule has 0 radical (unpaired) electrons. The van der Waals surface area contributed by atoms with Gasteiger partial charge in [0.25, 0.3) is 0 Å². The summed E-state index contributed by atoms with van der Waals surface area (Å²) in [5.41, 5.74) is 0. The summed E-state index contributed by atoms with van der Waals surface area (Å²) in [5.74, 6) is -0.954. The fraction of sp³-hybridized carbons (Fsp3) is 0.571. The summed E-state index contributed by atoms with van der Waals surface area (Å²) >= 11 is 0. The van der Waals surface area contributed by atoms with E-state index in [0.29, 0.717) is 0 Å². The van der Waals surface area contributed by atoms with Gasteiger partial charge in [-0.25, -0.2) is 8.42 Å². The number of aliphatic hydroxyl groups is 1. The topological polar surface area (TPSA) is 83.5 Å². The summed E-state index contributed by atoms with van der Waals surface area (Å²) in [6, 6.07) is -0.699. The van der Waals surface area contributed by atoms with E-state index in [1.165, 1.54) is 0 Å². The third-order valence-electron chi connectivity index (χ3n) is 1.84. The van der Waals surface area contributed by atoms with E-state index in [9.17, 15) is 18.3 Å². The average molecular weight is 205 g/mol. The number of hydrogen-bond acceptors (Lipinski definition) is 4. The van der Waals surface area contributed by atoms with Crippen molar-refractivity contribution in [3.8, 4) is 0 Å². The van der Waals surface area contributed by atoms with Gasteiger partial charge in [-0.15, -0.1) is 0 Å². The van der Waals surface area contributed by atoms with E-state index in [2.05, 4.69) is 11.9 Å². The molecule has 13 heavy (non-hydrogen) atoms. The van der Waals surface area contributed by atoms with E-state index < -0.39 is 27.9 Å². The zero-order valence-corrected chi connectivity index (χ0v) is 7.75. The molecule has 0 spiro atoms. The Balaban J connectivity index is 2.63. The van der Waals surface area contributed by atoms with Gasteiger partial charge in [0.15, 0.2) is 9.84 Å². The maximum Gasteiger partial charge on any atom is 0.243 e. The van der Waals surface area contributed by atoms with Crippen LogP contribution in [0.5, 0.6) is 0 Å². The monoisotopic (exact) mass is 205 g/mol. The second-order valence-electron chi connectivity index (χ2n) is 2.96. The van der Waals surface area contributed by atoms with Crippen molar-refractivity contribution in [3.05, 3.63) is 12.7 Å². The molecule has 1 saturated heterocycles. The summed E-state index contributed by atoms with van der Waals surface area (Å²) in [4.78, 5) is 10.8. The molecule has 0 aliphatic carbocycles. The Kier molecular flexibility index (Phi) is 2.72. The molecule has 1 fully saturated rings. The van der Waals surface area contributed by atoms with Gasteiger partial charge in [0, 0.05) is 0 Å². The van der Waals surface area contributed by atoms with E-state index >= 15 is 0 Å². The number of nitrogens with one attached hydrogen (secondary N) is 1. The van der Waals surface area contributed by atoms with E-state index in [1.54, 1.807) is 0 Å². The number of rotatable bonds is 2. The fourth-order valence-corrected chi connectivity index (χ4v) is 2.95. The number of aliphatic hydroxyl groups excluding tert-OH is 1. The highest BCUT2D eigenvalue weighted by Gasteiger charge is 2.36. The predicted molar refractivity (Wildman–Crippen MR) is 46.8 cm³/mol. The molecule has 1 rings (SSSR count). The molecule has 74 valence electrons. The van der Waals surface area contributed by atoms with Crippen LogP contribution < -0.4 is 5.32 Å². The first kappa shape index (κ1) is 10.2. The Hall–Kier alpha value is -0.880. The normalized spacial score (nSPS) is 31.2. The van der Waals surface area contributed by atoms with Crippen LogP contribution >= 0.6 is 0 Å². The van der Waals surface area contributed by atoms with E-state index in [0.717, 1.165) is 6.08 Å². The largest absolute Gasteiger partial charge is 0.390 e. The molecule has 1 aliphatic rings. The van der Waals surface area contributed by atoms with Gasteiger partial charge in [-0.1, -0.05) is 6.58 Å². The van der Waals surface area contributed by atoms with Gasteiger partial charge in [0.2, 0.25) is 5.91 Å². The lowest BCUT2D eigenvalue weighted by Gasteiger charge is -2.12. The van der Waals surface area contributed by atoms with Crippen molar-refractivity contribution in [2.75, 3.05) is 11.5 Å². The highest BCUT2D eigenvalue weighted by atomic mass is 32.2. The van der Waals surface area contributed by atoms with Crippen molar-refractivity contribution < 1.29 is 18.3 Å². The molecule has 1 amide bonds. The maximum atomic E-state index is 11.0. The molecule has 0 aromatic rings. The SMILES string of the molecule is C=CC(=O)N[C@@H]1CS(=O)(=O)C[C@@H]1O. The van der Waals surface area contributed by atoms with E-state index in [1.807, 2.05) is 0 Å². The Morgan fingerprint density at radius 3 is 2.54 bits per heavy atom. The quantitative estimate of drug-likeness (QED) is 0.534. The van der Waals surface area contributed by atoms with Crippen LogP contribution in [0.1, 0.15) is 0 Å². The van der Waals surface area contributed by atoms with Crippen LogP contribution in [0.2, 0.25) is 0 Å². The molecule has 2 atom stereocenters. The standard InChI is InChI=1S/C7H11NO4S/c1-2-7(10)8-5-3-13(11,12)4-6(5)9/h2,5-6,9H,1,3-4H2,(H,8,10)/t5-,6+/m1/s1. The van der Waals surface area contributed by atoms with Crippen LogP contribution in [0.15, 0.2) is 12.7 Å². The third kappa shape index (κ3) is 2.53. The molecule has 2 N–H and O–H groups in total. The summed E-state index contributed by atoms with van der Waals surface area (Å²) in [5, 5.41) is 11.6. The van der Waals surface area contributed by atoms with Crippen LogP contribution in [0.4, 0.5) is 0 Å². The maximum absolute atomic E-state index is 11.0. The first-order valence-electron chi connectivity index (χ1n) is 3.76. The number of sulfone groups is 1. The second kappa shape index (κ2) is 3.47. The van der Waals surface area contributed by atoms with Crippen molar-refractivity contribution in [2.24, 2.45) is 0 Å². The van der Waals surface area contributed by atoms with Crippen LogP contribution in [-0.2, 0) is 14.6 Å². The lowest BCUT2D eigenvalue weighted by Crippen LogP contribution is -2.41. The Labute approximate surface area is 76.4 Å². The van der Waals surface area contributed by atoms with Crippen molar-refractivity contribution in [2.45, 2.75) is 12.1 Å². The molecule has 6 heteroatoms. The van der Waals surface area contributed by atoms with Crippen molar-refractivity contribution in [1.82, 2.24) is 5.32 Å². The molecular formula is C7H11NO4S. The number of carbonyl (C=O) groups is 1. The van der Waals surface area contributed by atoms with Gasteiger partial charge < -0.3 is 10.4 Å². The smallest absolute Gasteiger partial charge is 0.243 e. The highest BCUT2D eigenvalue weighted by Crippen LogP contribution is 2.12. The molecule has 0 bridgehead atoms. The molecule has 1 aliphatic heterocycles. The molecule has 0 aromatic heterocycles. The lowest BCUT2D eigenvalue weighted by molar-refractivity contribution is -0.117. The number of hydrogen-bond donors (Lipinski definition) is 2. The minimum absolute atomic E-state index is 0.201. The Bertz CT molecular complexity index is 321.